The Labute approximate surface area is 98.5 Å². The summed E-state index contributed by atoms with van der Waals surface area (Å²) in [6.45, 7) is 5.37. The third-order valence-corrected chi connectivity index (χ3v) is 2.74. The van der Waals surface area contributed by atoms with Crippen molar-refractivity contribution >= 4 is 0 Å². The van der Waals surface area contributed by atoms with Gasteiger partial charge in [-0.1, -0.05) is 18.6 Å². The molecule has 0 spiro atoms. The molecule has 1 aromatic heterocycles. The minimum atomic E-state index is 1.01. The third-order valence-electron chi connectivity index (χ3n) is 2.74. The lowest BCUT2D eigenvalue weighted by atomic mass is 10.1. The van der Waals surface area contributed by atoms with E-state index in [0.29, 0.717) is 0 Å². The van der Waals surface area contributed by atoms with Gasteiger partial charge in [0.15, 0.2) is 0 Å². The van der Waals surface area contributed by atoms with E-state index < -0.39 is 0 Å². The van der Waals surface area contributed by atoms with Crippen molar-refractivity contribution in [2.45, 2.75) is 33.1 Å². The SMILES string of the molecule is CCc1cc(CC(C)=CCCNC)n(C)n1. The van der Waals surface area contributed by atoms with Crippen LogP contribution in [0.2, 0.25) is 0 Å². The zero-order valence-electron chi connectivity index (χ0n) is 10.9. The molecule has 90 valence electrons. The van der Waals surface area contributed by atoms with Crippen LogP contribution in [0.1, 0.15) is 31.7 Å². The van der Waals surface area contributed by atoms with E-state index in [1.54, 1.807) is 0 Å². The zero-order valence-corrected chi connectivity index (χ0v) is 10.9. The summed E-state index contributed by atoms with van der Waals surface area (Å²) in [5.41, 5.74) is 3.90. The summed E-state index contributed by atoms with van der Waals surface area (Å²) in [5.74, 6) is 0. The summed E-state index contributed by atoms with van der Waals surface area (Å²) < 4.78 is 1.99. The number of aromatic nitrogens is 2. The second-order valence-corrected chi connectivity index (χ2v) is 4.22. The molecule has 0 atom stereocenters. The van der Waals surface area contributed by atoms with Gasteiger partial charge in [0, 0.05) is 19.2 Å². The number of hydrogen-bond donors (Lipinski definition) is 1. The summed E-state index contributed by atoms with van der Waals surface area (Å²) in [4.78, 5) is 0. The van der Waals surface area contributed by atoms with Crippen molar-refractivity contribution < 1.29 is 0 Å². The molecule has 0 aliphatic carbocycles. The van der Waals surface area contributed by atoms with E-state index in [9.17, 15) is 0 Å². The minimum absolute atomic E-state index is 1.01. The van der Waals surface area contributed by atoms with Crippen LogP contribution in [0.5, 0.6) is 0 Å². The van der Waals surface area contributed by atoms with Gasteiger partial charge < -0.3 is 5.32 Å². The van der Waals surface area contributed by atoms with E-state index in [1.807, 2.05) is 18.8 Å². The summed E-state index contributed by atoms with van der Waals surface area (Å²) in [5, 5.41) is 7.61. The predicted octanol–water partition coefficient (Wildman–Crippen LogP) is 2.08. The van der Waals surface area contributed by atoms with E-state index in [2.05, 4.69) is 36.4 Å². The Morgan fingerprint density at radius 1 is 1.56 bits per heavy atom. The van der Waals surface area contributed by atoms with E-state index in [-0.39, 0.29) is 0 Å². The Hall–Kier alpha value is -1.09. The molecule has 1 aromatic rings. The first-order valence-corrected chi connectivity index (χ1v) is 5.99. The van der Waals surface area contributed by atoms with Gasteiger partial charge in [-0.05, 0) is 39.4 Å². The van der Waals surface area contributed by atoms with Crippen LogP contribution in [0.4, 0.5) is 0 Å². The monoisotopic (exact) mass is 221 g/mol. The van der Waals surface area contributed by atoms with Crippen molar-refractivity contribution in [2.75, 3.05) is 13.6 Å². The fourth-order valence-electron chi connectivity index (χ4n) is 1.73. The van der Waals surface area contributed by atoms with Gasteiger partial charge in [0.25, 0.3) is 0 Å². The normalized spacial score (nSPS) is 12.1. The smallest absolute Gasteiger partial charge is 0.0624 e. The number of nitrogens with zero attached hydrogens (tertiary/aromatic N) is 2. The fraction of sp³-hybridized carbons (Fsp3) is 0.615. The van der Waals surface area contributed by atoms with Gasteiger partial charge in [-0.15, -0.1) is 0 Å². The first-order chi connectivity index (χ1) is 7.67. The van der Waals surface area contributed by atoms with Gasteiger partial charge >= 0.3 is 0 Å². The largest absolute Gasteiger partial charge is 0.319 e. The Bertz CT molecular complexity index is 350. The molecule has 0 aliphatic rings. The van der Waals surface area contributed by atoms with Crippen LogP contribution in [0.15, 0.2) is 17.7 Å². The van der Waals surface area contributed by atoms with Gasteiger partial charge in [-0.2, -0.15) is 5.10 Å². The molecule has 1 rings (SSSR count). The molecule has 0 aromatic carbocycles. The average Bonchev–Trinajstić information content (AvgIpc) is 2.60. The third kappa shape index (κ3) is 3.81. The van der Waals surface area contributed by atoms with Gasteiger partial charge in [0.05, 0.1) is 5.69 Å². The molecular weight excluding hydrogens is 198 g/mol. The summed E-state index contributed by atoms with van der Waals surface area (Å²) in [6.07, 6.45) is 5.42. The molecule has 3 heteroatoms. The van der Waals surface area contributed by atoms with E-state index in [0.717, 1.165) is 25.8 Å². The standard InChI is InChI=1S/C13H23N3/c1-5-12-10-13(16(4)15-12)9-11(2)7-6-8-14-3/h7,10,14H,5-6,8-9H2,1-4H3. The summed E-state index contributed by atoms with van der Waals surface area (Å²) in [7, 11) is 4.01. The molecule has 0 aliphatic heterocycles. The predicted molar refractivity (Wildman–Crippen MR) is 68.6 cm³/mol. The quantitative estimate of drug-likeness (QED) is 0.589. The zero-order chi connectivity index (χ0) is 12.0. The van der Waals surface area contributed by atoms with Gasteiger partial charge in [-0.25, -0.2) is 0 Å². The number of allylic oxidation sites excluding steroid dienone is 1. The Kier molecular flexibility index (Phi) is 5.26. The van der Waals surface area contributed by atoms with Crippen LogP contribution in [0, 0.1) is 0 Å². The Morgan fingerprint density at radius 2 is 2.31 bits per heavy atom. The van der Waals surface area contributed by atoms with E-state index in [4.69, 9.17) is 0 Å². The number of nitrogens with one attached hydrogen (secondary N) is 1. The highest BCUT2D eigenvalue weighted by atomic mass is 15.3. The van der Waals surface area contributed by atoms with E-state index in [1.165, 1.54) is 17.0 Å². The molecule has 0 fully saturated rings. The van der Waals surface area contributed by atoms with Crippen LogP contribution in [0.3, 0.4) is 0 Å². The van der Waals surface area contributed by atoms with Crippen molar-refractivity contribution in [1.82, 2.24) is 15.1 Å². The highest BCUT2D eigenvalue weighted by Crippen LogP contribution is 2.10. The minimum Gasteiger partial charge on any atom is -0.319 e. The molecule has 0 bridgehead atoms. The van der Waals surface area contributed by atoms with Gasteiger partial charge in [-0.3, -0.25) is 4.68 Å². The van der Waals surface area contributed by atoms with Crippen molar-refractivity contribution in [1.29, 1.82) is 0 Å². The van der Waals surface area contributed by atoms with Crippen LogP contribution >= 0.6 is 0 Å². The molecule has 0 unspecified atom stereocenters. The van der Waals surface area contributed by atoms with Crippen LogP contribution in [0.25, 0.3) is 0 Å². The van der Waals surface area contributed by atoms with E-state index >= 15 is 0 Å². The molecule has 0 radical (unpaired) electrons. The van der Waals surface area contributed by atoms with Crippen LogP contribution in [-0.4, -0.2) is 23.4 Å². The van der Waals surface area contributed by atoms with Gasteiger partial charge in [0.1, 0.15) is 0 Å². The molecule has 1 heterocycles. The first-order valence-electron chi connectivity index (χ1n) is 5.99. The lowest BCUT2D eigenvalue weighted by Crippen LogP contribution is -2.06. The fourth-order valence-corrected chi connectivity index (χ4v) is 1.73. The maximum absolute atomic E-state index is 4.46. The first kappa shape index (κ1) is 13.0. The Morgan fingerprint density at radius 3 is 2.88 bits per heavy atom. The van der Waals surface area contributed by atoms with Crippen molar-refractivity contribution in [3.8, 4) is 0 Å². The molecule has 3 nitrogen and oxygen atoms in total. The molecule has 0 amide bonds. The molecule has 0 saturated carbocycles. The lowest BCUT2D eigenvalue weighted by Gasteiger charge is -2.02. The second kappa shape index (κ2) is 6.48. The highest BCUT2D eigenvalue weighted by Gasteiger charge is 2.03. The topological polar surface area (TPSA) is 29.9 Å². The second-order valence-electron chi connectivity index (χ2n) is 4.22. The number of aryl methyl sites for hydroxylation is 2. The Balaban J connectivity index is 2.58. The lowest BCUT2D eigenvalue weighted by molar-refractivity contribution is 0.707. The highest BCUT2D eigenvalue weighted by molar-refractivity contribution is 5.17. The maximum atomic E-state index is 4.46. The summed E-state index contributed by atoms with van der Waals surface area (Å²) >= 11 is 0. The molecule has 1 N–H and O–H groups in total. The van der Waals surface area contributed by atoms with Crippen LogP contribution < -0.4 is 5.32 Å². The van der Waals surface area contributed by atoms with Crippen molar-refractivity contribution in [3.05, 3.63) is 29.1 Å². The molecule has 16 heavy (non-hydrogen) atoms. The summed E-state index contributed by atoms with van der Waals surface area (Å²) in [6, 6.07) is 2.20. The van der Waals surface area contributed by atoms with Crippen LogP contribution in [-0.2, 0) is 19.9 Å². The van der Waals surface area contributed by atoms with Gasteiger partial charge in [0.2, 0.25) is 0 Å². The number of hydrogen-bond acceptors (Lipinski definition) is 2. The maximum Gasteiger partial charge on any atom is 0.0624 e. The van der Waals surface area contributed by atoms with Crippen molar-refractivity contribution in [2.24, 2.45) is 7.05 Å². The van der Waals surface area contributed by atoms with Crippen molar-refractivity contribution in [3.63, 3.8) is 0 Å². The average molecular weight is 221 g/mol. The molecular formula is C13H23N3. The molecule has 0 saturated heterocycles. The number of rotatable bonds is 6.